The number of benzene rings is 1. The van der Waals surface area contributed by atoms with Gasteiger partial charge in [0, 0.05) is 18.5 Å². The molecule has 110 valence electrons. The second-order valence-corrected chi connectivity index (χ2v) is 5.63. The number of hydrogen-bond donors (Lipinski definition) is 1. The van der Waals surface area contributed by atoms with Crippen molar-refractivity contribution < 1.29 is 19.5 Å². The van der Waals surface area contributed by atoms with Gasteiger partial charge in [0.15, 0.2) is 5.78 Å². The van der Waals surface area contributed by atoms with Crippen molar-refractivity contribution in [2.24, 2.45) is 0 Å². The van der Waals surface area contributed by atoms with Crippen LogP contribution >= 0.6 is 0 Å². The molecule has 0 saturated carbocycles. The molecule has 1 N–H and O–H groups in total. The number of likely N-dealkylation sites (tertiary alicyclic amines) is 1. The molecular weight excluding hydrogens is 270 g/mol. The van der Waals surface area contributed by atoms with E-state index >= 15 is 0 Å². The Bertz CT molecular complexity index is 610. The summed E-state index contributed by atoms with van der Waals surface area (Å²) in [5.41, 5.74) is 1.35. The first-order valence-electron chi connectivity index (χ1n) is 7.25. The predicted octanol–water partition coefficient (Wildman–Crippen LogP) is 1.82. The van der Waals surface area contributed by atoms with E-state index in [0.717, 1.165) is 12.0 Å². The van der Waals surface area contributed by atoms with E-state index < -0.39 is 12.0 Å². The highest BCUT2D eigenvalue weighted by Gasteiger charge is 2.39. The molecule has 21 heavy (non-hydrogen) atoms. The average Bonchev–Trinajstić information content (AvgIpc) is 2.97. The van der Waals surface area contributed by atoms with Crippen LogP contribution < -0.4 is 0 Å². The van der Waals surface area contributed by atoms with Crippen LogP contribution in [0.15, 0.2) is 24.3 Å². The van der Waals surface area contributed by atoms with Gasteiger partial charge in [-0.3, -0.25) is 9.59 Å². The monoisotopic (exact) mass is 287 g/mol. The normalized spacial score (nSPS) is 24.8. The molecule has 1 aliphatic heterocycles. The molecule has 1 aromatic carbocycles. The third-order valence-electron chi connectivity index (χ3n) is 4.42. The van der Waals surface area contributed by atoms with E-state index in [1.165, 1.54) is 4.90 Å². The van der Waals surface area contributed by atoms with Crippen LogP contribution in [0.25, 0.3) is 0 Å². The lowest BCUT2D eigenvalue weighted by Gasteiger charge is -2.30. The molecule has 0 radical (unpaired) electrons. The number of Topliss-reactive ketones (excluding diaryl/α,β-unsaturated/α-hetero) is 1. The number of hydrogen-bond acceptors (Lipinski definition) is 3. The molecule has 1 fully saturated rings. The Morgan fingerprint density at radius 3 is 2.71 bits per heavy atom. The fraction of sp³-hybridized carbons (Fsp3) is 0.438. The Labute approximate surface area is 122 Å². The van der Waals surface area contributed by atoms with Crippen LogP contribution in [0.2, 0.25) is 0 Å². The van der Waals surface area contributed by atoms with Gasteiger partial charge in [-0.2, -0.15) is 0 Å². The molecule has 0 aromatic heterocycles. The van der Waals surface area contributed by atoms with E-state index in [0.29, 0.717) is 31.4 Å². The number of ketones is 1. The summed E-state index contributed by atoms with van der Waals surface area (Å²) in [6, 6.07) is 6.44. The van der Waals surface area contributed by atoms with Crippen LogP contribution in [-0.2, 0) is 9.59 Å². The van der Waals surface area contributed by atoms with Crippen LogP contribution in [0.1, 0.15) is 47.5 Å². The molecule has 2 atom stereocenters. The van der Waals surface area contributed by atoms with E-state index in [1.54, 1.807) is 18.2 Å². The summed E-state index contributed by atoms with van der Waals surface area (Å²) in [5.74, 6) is -1.43. The van der Waals surface area contributed by atoms with Crippen molar-refractivity contribution in [3.63, 3.8) is 0 Å². The maximum absolute atomic E-state index is 12.7. The van der Waals surface area contributed by atoms with Crippen molar-refractivity contribution in [2.75, 3.05) is 6.54 Å². The Kier molecular flexibility index (Phi) is 3.49. The lowest BCUT2D eigenvalue weighted by Crippen LogP contribution is -2.43. The highest BCUT2D eigenvalue weighted by molar-refractivity contribution is 6.02. The van der Waals surface area contributed by atoms with Crippen LogP contribution in [0.4, 0.5) is 0 Å². The number of nitrogens with zero attached hydrogens (tertiary/aromatic N) is 1. The minimum Gasteiger partial charge on any atom is -0.480 e. The second-order valence-electron chi connectivity index (χ2n) is 5.63. The Hall–Kier alpha value is -2.17. The minimum absolute atomic E-state index is 0.0610. The molecule has 2 aliphatic rings. The van der Waals surface area contributed by atoms with Gasteiger partial charge in [0.2, 0.25) is 5.91 Å². The standard InChI is InChI=1S/C16H17NO4/c18-14-8-7-12(10-4-1-2-5-11(10)14)15(19)17-9-3-6-13(17)16(20)21/h1-2,4-5,12-13H,3,6-9H2,(H,20,21)/t12?,13-/m0/s1. The van der Waals surface area contributed by atoms with Crippen LogP contribution in [-0.4, -0.2) is 40.3 Å². The molecule has 1 aliphatic carbocycles. The first kappa shape index (κ1) is 13.8. The van der Waals surface area contributed by atoms with Crippen molar-refractivity contribution in [3.05, 3.63) is 35.4 Å². The third kappa shape index (κ3) is 2.33. The summed E-state index contributed by atoms with van der Waals surface area (Å²) in [4.78, 5) is 37.4. The van der Waals surface area contributed by atoms with Gasteiger partial charge in [0.1, 0.15) is 6.04 Å². The summed E-state index contributed by atoms with van der Waals surface area (Å²) in [5, 5.41) is 9.22. The van der Waals surface area contributed by atoms with E-state index in [-0.39, 0.29) is 17.6 Å². The first-order chi connectivity index (χ1) is 10.1. The maximum atomic E-state index is 12.7. The summed E-state index contributed by atoms with van der Waals surface area (Å²) in [6.07, 6.45) is 2.04. The summed E-state index contributed by atoms with van der Waals surface area (Å²) < 4.78 is 0. The van der Waals surface area contributed by atoms with Gasteiger partial charge in [-0.25, -0.2) is 4.79 Å². The number of carbonyl (C=O) groups is 3. The number of amides is 1. The largest absolute Gasteiger partial charge is 0.480 e. The summed E-state index contributed by atoms with van der Waals surface area (Å²) >= 11 is 0. The van der Waals surface area contributed by atoms with Crippen molar-refractivity contribution >= 4 is 17.7 Å². The number of carboxylic acids is 1. The molecule has 1 unspecified atom stereocenters. The van der Waals surface area contributed by atoms with Gasteiger partial charge in [0.05, 0.1) is 5.92 Å². The number of carbonyl (C=O) groups excluding carboxylic acids is 2. The van der Waals surface area contributed by atoms with Crippen LogP contribution in [0.5, 0.6) is 0 Å². The fourth-order valence-electron chi connectivity index (χ4n) is 3.36. The minimum atomic E-state index is -0.943. The Morgan fingerprint density at radius 1 is 1.19 bits per heavy atom. The number of carboxylic acid groups (broad SMARTS) is 1. The molecule has 1 amide bonds. The first-order valence-corrected chi connectivity index (χ1v) is 7.25. The number of fused-ring (bicyclic) bond motifs is 1. The van der Waals surface area contributed by atoms with Crippen LogP contribution in [0.3, 0.4) is 0 Å². The smallest absolute Gasteiger partial charge is 0.326 e. The summed E-state index contributed by atoms with van der Waals surface area (Å²) in [6.45, 7) is 0.489. The topological polar surface area (TPSA) is 74.7 Å². The lowest BCUT2D eigenvalue weighted by atomic mass is 9.81. The van der Waals surface area contributed by atoms with Gasteiger partial charge in [-0.05, 0) is 24.8 Å². The molecule has 1 saturated heterocycles. The van der Waals surface area contributed by atoms with Gasteiger partial charge < -0.3 is 10.0 Å². The van der Waals surface area contributed by atoms with E-state index in [4.69, 9.17) is 0 Å². The van der Waals surface area contributed by atoms with E-state index in [1.807, 2.05) is 6.07 Å². The van der Waals surface area contributed by atoms with E-state index in [2.05, 4.69) is 0 Å². The van der Waals surface area contributed by atoms with Crippen molar-refractivity contribution in [1.29, 1.82) is 0 Å². The number of rotatable bonds is 2. The molecule has 5 nitrogen and oxygen atoms in total. The molecule has 0 spiro atoms. The predicted molar refractivity (Wildman–Crippen MR) is 75.1 cm³/mol. The van der Waals surface area contributed by atoms with Gasteiger partial charge in [-0.15, -0.1) is 0 Å². The van der Waals surface area contributed by atoms with Crippen LogP contribution in [0, 0.1) is 0 Å². The quantitative estimate of drug-likeness (QED) is 0.900. The van der Waals surface area contributed by atoms with Gasteiger partial charge in [-0.1, -0.05) is 24.3 Å². The van der Waals surface area contributed by atoms with E-state index in [9.17, 15) is 19.5 Å². The lowest BCUT2D eigenvalue weighted by molar-refractivity contribution is -0.148. The molecule has 5 heteroatoms. The number of aliphatic carboxylic acids is 1. The highest BCUT2D eigenvalue weighted by Crippen LogP contribution is 2.34. The molecule has 1 aromatic rings. The third-order valence-corrected chi connectivity index (χ3v) is 4.42. The molecular formula is C16H17NO4. The zero-order valence-corrected chi connectivity index (χ0v) is 11.6. The average molecular weight is 287 g/mol. The molecule has 3 rings (SSSR count). The Balaban J connectivity index is 1.91. The zero-order chi connectivity index (χ0) is 15.0. The van der Waals surface area contributed by atoms with Crippen molar-refractivity contribution in [1.82, 2.24) is 4.90 Å². The molecule has 0 bridgehead atoms. The fourth-order valence-corrected chi connectivity index (χ4v) is 3.36. The highest BCUT2D eigenvalue weighted by atomic mass is 16.4. The van der Waals surface area contributed by atoms with Crippen molar-refractivity contribution in [3.8, 4) is 0 Å². The Morgan fingerprint density at radius 2 is 1.95 bits per heavy atom. The van der Waals surface area contributed by atoms with Crippen molar-refractivity contribution in [2.45, 2.75) is 37.6 Å². The summed E-state index contributed by atoms with van der Waals surface area (Å²) in [7, 11) is 0. The maximum Gasteiger partial charge on any atom is 0.326 e. The van der Waals surface area contributed by atoms with Gasteiger partial charge in [0.25, 0.3) is 0 Å². The zero-order valence-electron chi connectivity index (χ0n) is 11.6. The second kappa shape index (κ2) is 5.31. The molecule has 1 heterocycles. The SMILES string of the molecule is O=C1CCC(C(=O)N2CCC[C@H]2C(=O)O)c2ccccc21. The van der Waals surface area contributed by atoms with Gasteiger partial charge >= 0.3 is 5.97 Å².